The molecule has 0 bridgehead atoms. The Morgan fingerprint density at radius 3 is 2.93 bits per heavy atom. The van der Waals surface area contributed by atoms with Crippen molar-refractivity contribution in [3.8, 4) is 6.07 Å². The fourth-order valence-electron chi connectivity index (χ4n) is 1.00. The quantitative estimate of drug-likeness (QED) is 0.677. The van der Waals surface area contributed by atoms with Crippen molar-refractivity contribution in [1.82, 2.24) is 10.3 Å². The summed E-state index contributed by atoms with van der Waals surface area (Å²) in [5.41, 5.74) is 6.04. The Labute approximate surface area is 87.9 Å². The highest BCUT2D eigenvalue weighted by atomic mass is 16.1. The van der Waals surface area contributed by atoms with Gasteiger partial charge in [-0.3, -0.25) is 4.79 Å². The number of carbonyl (C=O) groups excluding carboxylic acids is 1. The summed E-state index contributed by atoms with van der Waals surface area (Å²) >= 11 is 0. The molecule has 5 heteroatoms. The van der Waals surface area contributed by atoms with Gasteiger partial charge in [0.2, 0.25) is 0 Å². The Balaban J connectivity index is 2.55. The van der Waals surface area contributed by atoms with E-state index in [-0.39, 0.29) is 5.91 Å². The fraction of sp³-hybridized carbons (Fsp3) is 0.300. The molecule has 0 saturated carbocycles. The van der Waals surface area contributed by atoms with Crippen molar-refractivity contribution < 1.29 is 4.79 Å². The lowest BCUT2D eigenvalue weighted by Crippen LogP contribution is -2.26. The third-order valence-electron chi connectivity index (χ3n) is 1.81. The Kier molecular flexibility index (Phi) is 4.26. The summed E-state index contributed by atoms with van der Waals surface area (Å²) in [5, 5.41) is 11.2. The highest BCUT2D eigenvalue weighted by Gasteiger charge is 2.04. The fourth-order valence-corrected chi connectivity index (χ4v) is 1.00. The number of rotatable bonds is 4. The summed E-state index contributed by atoms with van der Waals surface area (Å²) in [4.78, 5) is 15.2. The summed E-state index contributed by atoms with van der Waals surface area (Å²) in [5.74, 6) is -0.194. The van der Waals surface area contributed by atoms with Crippen LogP contribution < -0.4 is 11.1 Å². The zero-order valence-electron chi connectivity index (χ0n) is 8.23. The Morgan fingerprint density at radius 2 is 2.40 bits per heavy atom. The summed E-state index contributed by atoms with van der Waals surface area (Å²) in [6.45, 7) is 1.10. The molecule has 0 fully saturated rings. The van der Waals surface area contributed by atoms with Crippen LogP contribution in [0.25, 0.3) is 0 Å². The van der Waals surface area contributed by atoms with E-state index in [1.54, 1.807) is 6.07 Å². The van der Waals surface area contributed by atoms with Crippen LogP contribution in [0.15, 0.2) is 18.3 Å². The van der Waals surface area contributed by atoms with Crippen molar-refractivity contribution >= 4 is 5.91 Å². The third-order valence-corrected chi connectivity index (χ3v) is 1.81. The molecule has 1 aromatic heterocycles. The predicted octanol–water partition coefficient (Wildman–Crippen LogP) is 0.0319. The molecule has 0 aromatic carbocycles. The van der Waals surface area contributed by atoms with E-state index in [9.17, 15) is 4.79 Å². The molecule has 0 aliphatic heterocycles. The third kappa shape index (κ3) is 3.37. The largest absolute Gasteiger partial charge is 0.352 e. The van der Waals surface area contributed by atoms with Crippen molar-refractivity contribution in [3.05, 3.63) is 29.6 Å². The van der Waals surface area contributed by atoms with Crippen LogP contribution in [0.3, 0.4) is 0 Å². The van der Waals surface area contributed by atoms with Crippen molar-refractivity contribution in [2.75, 3.05) is 13.1 Å². The number of nitriles is 1. The lowest BCUT2D eigenvalue weighted by atomic mass is 10.2. The van der Waals surface area contributed by atoms with E-state index in [0.717, 1.165) is 6.42 Å². The standard InChI is InChI=1S/C10H12N4O/c11-4-1-5-13-10(15)8-2-3-9(6-12)14-7-8/h2-3,7H,1,4-5,11H2,(H,13,15). The van der Waals surface area contributed by atoms with Gasteiger partial charge in [-0.2, -0.15) is 5.26 Å². The smallest absolute Gasteiger partial charge is 0.252 e. The van der Waals surface area contributed by atoms with Gasteiger partial charge in [0.05, 0.1) is 5.56 Å². The number of carbonyl (C=O) groups is 1. The molecule has 5 nitrogen and oxygen atoms in total. The van der Waals surface area contributed by atoms with Gasteiger partial charge in [-0.1, -0.05) is 0 Å². The summed E-state index contributed by atoms with van der Waals surface area (Å²) in [6, 6.07) is 4.97. The summed E-state index contributed by atoms with van der Waals surface area (Å²) < 4.78 is 0. The zero-order chi connectivity index (χ0) is 11.1. The van der Waals surface area contributed by atoms with Gasteiger partial charge < -0.3 is 11.1 Å². The molecule has 3 N–H and O–H groups in total. The second-order valence-corrected chi connectivity index (χ2v) is 2.94. The van der Waals surface area contributed by atoms with Crippen LogP contribution >= 0.6 is 0 Å². The minimum Gasteiger partial charge on any atom is -0.352 e. The number of nitrogens with one attached hydrogen (secondary N) is 1. The van der Waals surface area contributed by atoms with E-state index in [0.29, 0.717) is 24.3 Å². The molecule has 1 aromatic rings. The Morgan fingerprint density at radius 1 is 1.60 bits per heavy atom. The van der Waals surface area contributed by atoms with E-state index < -0.39 is 0 Å². The minimum absolute atomic E-state index is 0.194. The Bertz CT molecular complexity index is 366. The van der Waals surface area contributed by atoms with E-state index >= 15 is 0 Å². The van der Waals surface area contributed by atoms with E-state index in [1.807, 2.05) is 6.07 Å². The average Bonchev–Trinajstić information content (AvgIpc) is 2.29. The first kappa shape index (κ1) is 11.1. The number of nitrogens with zero attached hydrogens (tertiary/aromatic N) is 2. The Hall–Kier alpha value is -1.93. The number of pyridine rings is 1. The maximum atomic E-state index is 11.4. The molecule has 0 aliphatic rings. The van der Waals surface area contributed by atoms with Crippen molar-refractivity contribution in [2.24, 2.45) is 5.73 Å². The molecule has 1 amide bonds. The van der Waals surface area contributed by atoms with Gasteiger partial charge in [-0.25, -0.2) is 4.98 Å². The lowest BCUT2D eigenvalue weighted by molar-refractivity contribution is 0.0953. The second-order valence-electron chi connectivity index (χ2n) is 2.94. The maximum absolute atomic E-state index is 11.4. The van der Waals surface area contributed by atoms with Crippen molar-refractivity contribution in [3.63, 3.8) is 0 Å². The maximum Gasteiger partial charge on any atom is 0.252 e. The molecule has 15 heavy (non-hydrogen) atoms. The molecule has 78 valence electrons. The van der Waals surface area contributed by atoms with Gasteiger partial charge in [-0.05, 0) is 25.1 Å². The number of hydrogen-bond acceptors (Lipinski definition) is 4. The molecular formula is C10H12N4O. The second kappa shape index (κ2) is 5.73. The molecule has 0 saturated heterocycles. The first-order chi connectivity index (χ1) is 7.27. The molecule has 0 atom stereocenters. The number of nitrogens with two attached hydrogens (primary N) is 1. The van der Waals surface area contributed by atoms with Crippen molar-refractivity contribution in [1.29, 1.82) is 5.26 Å². The monoisotopic (exact) mass is 204 g/mol. The van der Waals surface area contributed by atoms with Gasteiger partial charge in [-0.15, -0.1) is 0 Å². The van der Waals surface area contributed by atoms with Gasteiger partial charge in [0, 0.05) is 12.7 Å². The normalized spacial score (nSPS) is 9.33. The van der Waals surface area contributed by atoms with Crippen LogP contribution in [0.1, 0.15) is 22.5 Å². The molecule has 0 aliphatic carbocycles. The summed E-state index contributed by atoms with van der Waals surface area (Å²) in [6.07, 6.45) is 2.13. The molecule has 0 unspecified atom stereocenters. The van der Waals surface area contributed by atoms with Gasteiger partial charge in [0.1, 0.15) is 11.8 Å². The average molecular weight is 204 g/mol. The zero-order valence-corrected chi connectivity index (χ0v) is 8.23. The predicted molar refractivity (Wildman–Crippen MR) is 55.0 cm³/mol. The van der Waals surface area contributed by atoms with Crippen LogP contribution in [0.4, 0.5) is 0 Å². The van der Waals surface area contributed by atoms with Gasteiger partial charge in [0.25, 0.3) is 5.91 Å². The molecule has 1 rings (SSSR count). The molecule has 0 spiro atoms. The van der Waals surface area contributed by atoms with E-state index in [4.69, 9.17) is 11.0 Å². The lowest BCUT2D eigenvalue weighted by Gasteiger charge is -2.03. The molecule has 1 heterocycles. The number of amides is 1. The van der Waals surface area contributed by atoms with E-state index in [1.165, 1.54) is 12.3 Å². The highest BCUT2D eigenvalue weighted by molar-refractivity contribution is 5.93. The highest BCUT2D eigenvalue weighted by Crippen LogP contribution is 1.98. The first-order valence-electron chi connectivity index (χ1n) is 4.62. The first-order valence-corrected chi connectivity index (χ1v) is 4.62. The topological polar surface area (TPSA) is 91.8 Å². The summed E-state index contributed by atoms with van der Waals surface area (Å²) in [7, 11) is 0. The van der Waals surface area contributed by atoms with Crippen LogP contribution in [0.2, 0.25) is 0 Å². The SMILES string of the molecule is N#Cc1ccc(C(=O)NCCCN)cn1. The van der Waals surface area contributed by atoms with Gasteiger partial charge >= 0.3 is 0 Å². The van der Waals surface area contributed by atoms with E-state index in [2.05, 4.69) is 10.3 Å². The number of hydrogen-bond donors (Lipinski definition) is 2. The van der Waals surface area contributed by atoms with Crippen molar-refractivity contribution in [2.45, 2.75) is 6.42 Å². The minimum atomic E-state index is -0.194. The van der Waals surface area contributed by atoms with Gasteiger partial charge in [0.15, 0.2) is 0 Å². The number of aromatic nitrogens is 1. The van der Waals surface area contributed by atoms with Crippen LogP contribution in [0.5, 0.6) is 0 Å². The molecular weight excluding hydrogens is 192 g/mol. The van der Waals surface area contributed by atoms with Crippen LogP contribution in [0, 0.1) is 11.3 Å². The van der Waals surface area contributed by atoms with Crippen LogP contribution in [-0.2, 0) is 0 Å². The van der Waals surface area contributed by atoms with Crippen LogP contribution in [-0.4, -0.2) is 24.0 Å². The molecule has 0 radical (unpaired) electrons.